The standard InChI is InChI=1S/C9H12N2O3S3/c10-9(12)8-5-7(6-16-8)17(13,14)11-1-3-15-4-2-11/h5-6H,1-4H2,(H2,10,12). The van der Waals surface area contributed by atoms with Crippen LogP contribution in [0.2, 0.25) is 0 Å². The number of sulfonamides is 1. The summed E-state index contributed by atoms with van der Waals surface area (Å²) in [6.45, 7) is 1.05. The number of hydrogen-bond donors (Lipinski definition) is 1. The molecule has 0 radical (unpaired) electrons. The molecule has 1 saturated heterocycles. The lowest BCUT2D eigenvalue weighted by Crippen LogP contribution is -2.37. The maximum Gasteiger partial charge on any atom is 0.258 e. The fourth-order valence-corrected chi connectivity index (χ4v) is 5.21. The van der Waals surface area contributed by atoms with Crippen molar-refractivity contribution in [1.29, 1.82) is 0 Å². The van der Waals surface area contributed by atoms with Crippen molar-refractivity contribution in [2.75, 3.05) is 24.6 Å². The average molecular weight is 292 g/mol. The Morgan fingerprint density at radius 3 is 2.53 bits per heavy atom. The molecule has 0 atom stereocenters. The molecule has 1 amide bonds. The Kier molecular flexibility index (Phi) is 3.76. The summed E-state index contributed by atoms with van der Waals surface area (Å²) in [5.74, 6) is 1.03. The molecule has 1 aliphatic heterocycles. The zero-order chi connectivity index (χ0) is 12.5. The van der Waals surface area contributed by atoms with Crippen LogP contribution < -0.4 is 5.73 Å². The number of carbonyl (C=O) groups is 1. The van der Waals surface area contributed by atoms with Crippen LogP contribution in [0.3, 0.4) is 0 Å². The third kappa shape index (κ3) is 2.65. The first-order valence-electron chi connectivity index (χ1n) is 4.98. The number of hydrogen-bond acceptors (Lipinski definition) is 5. The maximum absolute atomic E-state index is 12.2. The van der Waals surface area contributed by atoms with E-state index in [2.05, 4.69) is 0 Å². The first-order valence-corrected chi connectivity index (χ1v) is 8.45. The molecule has 0 unspecified atom stereocenters. The lowest BCUT2D eigenvalue weighted by molar-refractivity contribution is 0.100. The molecule has 0 saturated carbocycles. The van der Waals surface area contributed by atoms with Crippen LogP contribution >= 0.6 is 23.1 Å². The number of rotatable bonds is 3. The van der Waals surface area contributed by atoms with Crippen molar-refractivity contribution in [3.05, 3.63) is 16.3 Å². The fraction of sp³-hybridized carbons (Fsp3) is 0.444. The lowest BCUT2D eigenvalue weighted by Gasteiger charge is -2.24. The third-order valence-corrected chi connectivity index (χ3v) is 6.34. The molecule has 5 nitrogen and oxygen atoms in total. The van der Waals surface area contributed by atoms with E-state index in [9.17, 15) is 13.2 Å². The number of carbonyl (C=O) groups excluding carboxylic acids is 1. The van der Waals surface area contributed by atoms with E-state index >= 15 is 0 Å². The number of thioether (sulfide) groups is 1. The van der Waals surface area contributed by atoms with Crippen LogP contribution in [0, 0.1) is 0 Å². The fourth-order valence-electron chi connectivity index (χ4n) is 1.52. The van der Waals surface area contributed by atoms with Crippen molar-refractivity contribution in [3.8, 4) is 0 Å². The maximum atomic E-state index is 12.2. The molecule has 0 bridgehead atoms. The van der Waals surface area contributed by atoms with E-state index in [1.165, 1.54) is 15.8 Å². The molecule has 8 heteroatoms. The van der Waals surface area contributed by atoms with E-state index in [-0.39, 0.29) is 9.77 Å². The molecule has 1 aliphatic rings. The largest absolute Gasteiger partial charge is 0.365 e. The summed E-state index contributed by atoms with van der Waals surface area (Å²) < 4.78 is 25.8. The van der Waals surface area contributed by atoms with Crippen molar-refractivity contribution < 1.29 is 13.2 Å². The predicted molar refractivity (Wildman–Crippen MR) is 68.9 cm³/mol. The second kappa shape index (κ2) is 4.97. The van der Waals surface area contributed by atoms with Gasteiger partial charge in [-0.15, -0.1) is 11.3 Å². The molecule has 1 aromatic rings. The molecule has 17 heavy (non-hydrogen) atoms. The molecule has 0 aliphatic carbocycles. The Morgan fingerprint density at radius 1 is 1.35 bits per heavy atom. The Morgan fingerprint density at radius 2 is 2.00 bits per heavy atom. The van der Waals surface area contributed by atoms with Crippen LogP contribution in [0.4, 0.5) is 0 Å². The molecule has 0 spiro atoms. The van der Waals surface area contributed by atoms with Crippen molar-refractivity contribution >= 4 is 39.0 Å². The predicted octanol–water partition coefficient (Wildman–Crippen LogP) is 0.585. The second-order valence-electron chi connectivity index (χ2n) is 3.53. The van der Waals surface area contributed by atoms with Crippen LogP contribution in [-0.2, 0) is 10.0 Å². The van der Waals surface area contributed by atoms with E-state index in [1.54, 1.807) is 11.8 Å². The highest BCUT2D eigenvalue weighted by Crippen LogP contribution is 2.24. The summed E-state index contributed by atoms with van der Waals surface area (Å²) in [5, 5.41) is 1.47. The van der Waals surface area contributed by atoms with Crippen molar-refractivity contribution in [2.45, 2.75) is 4.90 Å². The summed E-state index contributed by atoms with van der Waals surface area (Å²) in [6, 6.07) is 1.35. The van der Waals surface area contributed by atoms with Crippen LogP contribution in [0.1, 0.15) is 9.67 Å². The molecule has 1 fully saturated rings. The Bertz CT molecular complexity index is 517. The van der Waals surface area contributed by atoms with Gasteiger partial charge in [0.25, 0.3) is 5.91 Å². The van der Waals surface area contributed by atoms with Crippen molar-refractivity contribution in [2.24, 2.45) is 5.73 Å². The summed E-state index contributed by atoms with van der Waals surface area (Å²) in [5.41, 5.74) is 5.11. The minimum absolute atomic E-state index is 0.170. The van der Waals surface area contributed by atoms with Gasteiger partial charge in [-0.1, -0.05) is 0 Å². The van der Waals surface area contributed by atoms with Gasteiger partial charge < -0.3 is 5.73 Å². The summed E-state index contributed by atoms with van der Waals surface area (Å²) in [4.78, 5) is 11.4. The third-order valence-electron chi connectivity index (χ3n) is 2.43. The van der Waals surface area contributed by atoms with Gasteiger partial charge in [0, 0.05) is 30.0 Å². The number of primary amides is 1. The SMILES string of the molecule is NC(=O)c1cc(S(=O)(=O)N2CCSCC2)cs1. The normalized spacial score (nSPS) is 18.1. The molecular weight excluding hydrogens is 280 g/mol. The van der Waals surface area contributed by atoms with Crippen LogP contribution in [-0.4, -0.2) is 43.2 Å². The van der Waals surface area contributed by atoms with Gasteiger partial charge in [0.1, 0.15) is 0 Å². The van der Waals surface area contributed by atoms with Gasteiger partial charge in [0.05, 0.1) is 9.77 Å². The van der Waals surface area contributed by atoms with E-state index in [0.717, 1.165) is 22.8 Å². The minimum atomic E-state index is -3.45. The molecule has 0 aromatic carbocycles. The molecule has 1 aromatic heterocycles. The average Bonchev–Trinajstić information content (AvgIpc) is 2.80. The van der Waals surface area contributed by atoms with Gasteiger partial charge in [-0.05, 0) is 6.07 Å². The zero-order valence-electron chi connectivity index (χ0n) is 8.96. The smallest absolute Gasteiger partial charge is 0.258 e. The molecular formula is C9H12N2O3S3. The first kappa shape index (κ1) is 12.9. The van der Waals surface area contributed by atoms with Gasteiger partial charge in [-0.25, -0.2) is 8.42 Å². The summed E-state index contributed by atoms with van der Waals surface area (Å²) in [7, 11) is -3.45. The van der Waals surface area contributed by atoms with Gasteiger partial charge in [-0.3, -0.25) is 4.79 Å². The minimum Gasteiger partial charge on any atom is -0.365 e. The van der Waals surface area contributed by atoms with Crippen LogP contribution in [0.25, 0.3) is 0 Å². The molecule has 2 N–H and O–H groups in total. The van der Waals surface area contributed by atoms with Crippen molar-refractivity contribution in [1.82, 2.24) is 4.31 Å². The highest BCUT2D eigenvalue weighted by atomic mass is 32.2. The van der Waals surface area contributed by atoms with Gasteiger partial charge >= 0.3 is 0 Å². The molecule has 2 rings (SSSR count). The summed E-state index contributed by atoms with van der Waals surface area (Å²) in [6.07, 6.45) is 0. The second-order valence-corrected chi connectivity index (χ2v) is 7.60. The van der Waals surface area contributed by atoms with Crippen LogP contribution in [0.15, 0.2) is 16.3 Å². The monoisotopic (exact) mass is 292 g/mol. The summed E-state index contributed by atoms with van der Waals surface area (Å²) >= 11 is 2.81. The highest BCUT2D eigenvalue weighted by Gasteiger charge is 2.27. The van der Waals surface area contributed by atoms with E-state index in [0.29, 0.717) is 13.1 Å². The van der Waals surface area contributed by atoms with Crippen LogP contribution in [0.5, 0.6) is 0 Å². The number of nitrogens with two attached hydrogens (primary N) is 1. The lowest BCUT2D eigenvalue weighted by atomic mass is 10.5. The Labute approximate surface area is 108 Å². The Hall–Kier alpha value is -0.570. The van der Waals surface area contributed by atoms with Gasteiger partial charge in [-0.2, -0.15) is 16.1 Å². The number of thiophene rings is 1. The zero-order valence-corrected chi connectivity index (χ0v) is 11.4. The number of nitrogens with zero attached hydrogens (tertiary/aromatic N) is 1. The number of amides is 1. The van der Waals surface area contributed by atoms with Gasteiger partial charge in [0.15, 0.2) is 0 Å². The molecule has 2 heterocycles. The van der Waals surface area contributed by atoms with E-state index < -0.39 is 15.9 Å². The van der Waals surface area contributed by atoms with Crippen molar-refractivity contribution in [3.63, 3.8) is 0 Å². The van der Waals surface area contributed by atoms with E-state index in [1.807, 2.05) is 0 Å². The van der Waals surface area contributed by atoms with Gasteiger partial charge in [0.2, 0.25) is 10.0 Å². The quantitative estimate of drug-likeness (QED) is 0.884. The van der Waals surface area contributed by atoms with E-state index in [4.69, 9.17) is 5.73 Å². The Balaban J connectivity index is 2.27. The topological polar surface area (TPSA) is 80.5 Å². The first-order chi connectivity index (χ1) is 8.01. The molecule has 94 valence electrons. The highest BCUT2D eigenvalue weighted by molar-refractivity contribution is 7.99.